The number of hydrogen-bond donors (Lipinski definition) is 2. The van der Waals surface area contributed by atoms with Gasteiger partial charge in [-0.15, -0.1) is 0 Å². The van der Waals surface area contributed by atoms with Crippen LogP contribution in [-0.2, 0) is 19.4 Å². The van der Waals surface area contributed by atoms with Gasteiger partial charge in [0.2, 0.25) is 0 Å². The summed E-state index contributed by atoms with van der Waals surface area (Å²) in [6.45, 7) is 4.03. The Hall–Kier alpha value is -0.860. The van der Waals surface area contributed by atoms with E-state index in [1.165, 1.54) is 24.8 Å². The first-order valence-corrected chi connectivity index (χ1v) is 6.32. The van der Waals surface area contributed by atoms with Crippen molar-refractivity contribution >= 4 is 0 Å². The molecule has 0 bridgehead atoms. The van der Waals surface area contributed by atoms with E-state index in [4.69, 9.17) is 5.73 Å². The average Bonchev–Trinajstić information content (AvgIpc) is 2.71. The van der Waals surface area contributed by atoms with E-state index in [1.54, 1.807) is 11.1 Å². The van der Waals surface area contributed by atoms with Gasteiger partial charge in [0.25, 0.3) is 0 Å². The van der Waals surface area contributed by atoms with Crippen molar-refractivity contribution in [3.8, 4) is 0 Å². The Labute approximate surface area is 98.2 Å². The van der Waals surface area contributed by atoms with Crippen molar-refractivity contribution in [1.29, 1.82) is 0 Å². The van der Waals surface area contributed by atoms with E-state index in [0.717, 1.165) is 19.5 Å². The van der Waals surface area contributed by atoms with E-state index in [0.29, 0.717) is 6.04 Å². The maximum absolute atomic E-state index is 5.71. The van der Waals surface area contributed by atoms with Crippen LogP contribution >= 0.6 is 0 Å². The number of nitrogens with one attached hydrogen (secondary N) is 1. The average molecular weight is 218 g/mol. The summed E-state index contributed by atoms with van der Waals surface area (Å²) in [5.41, 5.74) is 10.2. The third-order valence-corrected chi connectivity index (χ3v) is 3.27. The second kappa shape index (κ2) is 5.46. The Balaban J connectivity index is 1.81. The molecule has 1 unspecified atom stereocenters. The van der Waals surface area contributed by atoms with Crippen LogP contribution in [0.15, 0.2) is 18.2 Å². The zero-order valence-corrected chi connectivity index (χ0v) is 10.1. The van der Waals surface area contributed by atoms with E-state index in [-0.39, 0.29) is 0 Å². The molecule has 0 aromatic heterocycles. The number of aryl methyl sites for hydroxylation is 2. The molecule has 2 nitrogen and oxygen atoms in total. The van der Waals surface area contributed by atoms with Crippen LogP contribution in [0.25, 0.3) is 0 Å². The lowest BCUT2D eigenvalue weighted by molar-refractivity contribution is 0.589. The van der Waals surface area contributed by atoms with Gasteiger partial charge >= 0.3 is 0 Å². The van der Waals surface area contributed by atoms with Crippen molar-refractivity contribution in [2.24, 2.45) is 5.73 Å². The zero-order valence-electron chi connectivity index (χ0n) is 10.1. The SMILES string of the molecule is CC(N)CCNCc1ccc2c(c1)CCC2. The van der Waals surface area contributed by atoms with E-state index in [1.807, 2.05) is 0 Å². The largest absolute Gasteiger partial charge is 0.328 e. The number of rotatable bonds is 5. The van der Waals surface area contributed by atoms with E-state index in [9.17, 15) is 0 Å². The molecule has 0 saturated carbocycles. The van der Waals surface area contributed by atoms with Crippen molar-refractivity contribution in [3.63, 3.8) is 0 Å². The van der Waals surface area contributed by atoms with Crippen molar-refractivity contribution in [2.75, 3.05) is 6.54 Å². The van der Waals surface area contributed by atoms with Crippen molar-refractivity contribution in [1.82, 2.24) is 5.32 Å². The van der Waals surface area contributed by atoms with E-state index in [2.05, 4.69) is 30.4 Å². The predicted octanol–water partition coefficient (Wildman–Crippen LogP) is 2.00. The first kappa shape index (κ1) is 11.6. The Kier molecular flexibility index (Phi) is 3.97. The summed E-state index contributed by atoms with van der Waals surface area (Å²) in [4.78, 5) is 0. The highest BCUT2D eigenvalue weighted by Crippen LogP contribution is 2.22. The quantitative estimate of drug-likeness (QED) is 0.742. The van der Waals surface area contributed by atoms with Gasteiger partial charge in [-0.3, -0.25) is 0 Å². The molecule has 1 aliphatic carbocycles. The molecule has 1 aromatic rings. The molecular formula is C14H22N2. The van der Waals surface area contributed by atoms with Crippen LogP contribution in [0.1, 0.15) is 36.5 Å². The van der Waals surface area contributed by atoms with Crippen LogP contribution in [0.3, 0.4) is 0 Å². The Bertz CT molecular complexity index is 345. The highest BCUT2D eigenvalue weighted by Gasteiger charge is 2.10. The van der Waals surface area contributed by atoms with E-state index >= 15 is 0 Å². The van der Waals surface area contributed by atoms with Gasteiger partial charge in [0, 0.05) is 12.6 Å². The lowest BCUT2D eigenvalue weighted by atomic mass is 10.1. The third kappa shape index (κ3) is 3.06. The molecule has 2 heteroatoms. The molecule has 1 atom stereocenters. The highest BCUT2D eigenvalue weighted by atomic mass is 14.9. The summed E-state index contributed by atoms with van der Waals surface area (Å²) in [7, 11) is 0. The van der Waals surface area contributed by atoms with Gasteiger partial charge in [-0.1, -0.05) is 18.2 Å². The summed E-state index contributed by atoms with van der Waals surface area (Å²) in [6.07, 6.45) is 4.92. The summed E-state index contributed by atoms with van der Waals surface area (Å²) in [5.74, 6) is 0. The third-order valence-electron chi connectivity index (χ3n) is 3.27. The second-order valence-electron chi connectivity index (χ2n) is 4.90. The topological polar surface area (TPSA) is 38.0 Å². The molecule has 0 saturated heterocycles. The fourth-order valence-corrected chi connectivity index (χ4v) is 2.30. The maximum Gasteiger partial charge on any atom is 0.0205 e. The van der Waals surface area contributed by atoms with Gasteiger partial charge < -0.3 is 11.1 Å². The van der Waals surface area contributed by atoms with Gasteiger partial charge in [-0.25, -0.2) is 0 Å². The standard InChI is InChI=1S/C14H22N2/c1-11(15)7-8-16-10-12-5-6-13-3-2-4-14(13)9-12/h5-6,9,11,16H,2-4,7-8,10,15H2,1H3. The maximum atomic E-state index is 5.71. The fraction of sp³-hybridized carbons (Fsp3) is 0.571. The first-order valence-electron chi connectivity index (χ1n) is 6.32. The van der Waals surface area contributed by atoms with E-state index < -0.39 is 0 Å². The summed E-state index contributed by atoms with van der Waals surface area (Å²) < 4.78 is 0. The minimum Gasteiger partial charge on any atom is -0.328 e. The molecule has 0 aliphatic heterocycles. The van der Waals surface area contributed by atoms with Crippen LogP contribution in [0.5, 0.6) is 0 Å². The Morgan fingerprint density at radius 1 is 1.31 bits per heavy atom. The summed E-state index contributed by atoms with van der Waals surface area (Å²) >= 11 is 0. The lowest BCUT2D eigenvalue weighted by Crippen LogP contribution is -2.23. The first-order chi connectivity index (χ1) is 7.75. The van der Waals surface area contributed by atoms with Crippen molar-refractivity contribution < 1.29 is 0 Å². The summed E-state index contributed by atoms with van der Waals surface area (Å²) in [5, 5.41) is 3.44. The van der Waals surface area contributed by atoms with Crippen LogP contribution in [-0.4, -0.2) is 12.6 Å². The highest BCUT2D eigenvalue weighted by molar-refractivity contribution is 5.35. The lowest BCUT2D eigenvalue weighted by Gasteiger charge is -2.08. The predicted molar refractivity (Wildman–Crippen MR) is 68.4 cm³/mol. The normalized spacial score (nSPS) is 16.1. The van der Waals surface area contributed by atoms with Gasteiger partial charge in [0.1, 0.15) is 0 Å². The molecule has 0 heterocycles. The number of benzene rings is 1. The van der Waals surface area contributed by atoms with Crippen molar-refractivity contribution in [3.05, 3.63) is 34.9 Å². The monoisotopic (exact) mass is 218 g/mol. The van der Waals surface area contributed by atoms with Crippen LogP contribution in [0.4, 0.5) is 0 Å². The molecule has 0 radical (unpaired) electrons. The number of fused-ring (bicyclic) bond motifs is 1. The molecular weight excluding hydrogens is 196 g/mol. The molecule has 1 aliphatic rings. The molecule has 88 valence electrons. The second-order valence-corrected chi connectivity index (χ2v) is 4.90. The molecule has 1 aromatic carbocycles. The Morgan fingerprint density at radius 3 is 2.94 bits per heavy atom. The van der Waals surface area contributed by atoms with Crippen LogP contribution < -0.4 is 11.1 Å². The molecule has 3 N–H and O–H groups in total. The molecule has 0 fully saturated rings. The number of hydrogen-bond acceptors (Lipinski definition) is 2. The minimum absolute atomic E-state index is 0.299. The minimum atomic E-state index is 0.299. The Morgan fingerprint density at radius 2 is 2.12 bits per heavy atom. The number of nitrogens with two attached hydrogens (primary N) is 1. The molecule has 0 spiro atoms. The van der Waals surface area contributed by atoms with Crippen molar-refractivity contribution in [2.45, 2.75) is 45.2 Å². The van der Waals surface area contributed by atoms with Gasteiger partial charge in [-0.05, 0) is 55.8 Å². The van der Waals surface area contributed by atoms with Gasteiger partial charge in [-0.2, -0.15) is 0 Å². The molecule has 2 rings (SSSR count). The summed E-state index contributed by atoms with van der Waals surface area (Å²) in [6, 6.07) is 7.21. The van der Waals surface area contributed by atoms with Crippen LogP contribution in [0.2, 0.25) is 0 Å². The van der Waals surface area contributed by atoms with Gasteiger partial charge in [0.15, 0.2) is 0 Å². The van der Waals surface area contributed by atoms with Crippen LogP contribution in [0, 0.1) is 0 Å². The zero-order chi connectivity index (χ0) is 11.4. The molecule has 16 heavy (non-hydrogen) atoms. The molecule has 0 amide bonds. The van der Waals surface area contributed by atoms with Gasteiger partial charge in [0.05, 0.1) is 0 Å². The fourth-order valence-electron chi connectivity index (χ4n) is 2.30. The smallest absolute Gasteiger partial charge is 0.0205 e.